The smallest absolute Gasteiger partial charge is 0.128 e. The maximum Gasteiger partial charge on any atom is 0.128 e. The van der Waals surface area contributed by atoms with Crippen molar-refractivity contribution in [2.45, 2.75) is 6.10 Å². The number of hydrogen-bond donors (Lipinski definition) is 1. The molecule has 0 amide bonds. The van der Waals surface area contributed by atoms with Crippen LogP contribution in [0.4, 0.5) is 0 Å². The highest BCUT2D eigenvalue weighted by Crippen LogP contribution is 2.33. The fourth-order valence-electron chi connectivity index (χ4n) is 2.07. The number of methoxy groups -OCH3 is 2. The molecule has 21 heavy (non-hydrogen) atoms. The number of ether oxygens (including phenoxy) is 3. The van der Waals surface area contributed by atoms with Crippen LogP contribution in [0.3, 0.4) is 0 Å². The third-order valence-corrected chi connectivity index (χ3v) is 3.35. The third-order valence-electron chi connectivity index (χ3n) is 3.18. The van der Waals surface area contributed by atoms with Crippen molar-refractivity contribution in [1.29, 1.82) is 0 Å². The second kappa shape index (κ2) is 7.30. The Morgan fingerprint density at radius 1 is 1.00 bits per heavy atom. The lowest BCUT2D eigenvalue weighted by atomic mass is 10.0. The monoisotopic (exact) mass is 306 g/mol. The average Bonchev–Trinajstić information content (AvgIpc) is 2.54. The first kappa shape index (κ1) is 15.6. The molecule has 112 valence electrons. The molecule has 0 fully saturated rings. The second-order valence-electron chi connectivity index (χ2n) is 4.39. The Morgan fingerprint density at radius 2 is 1.67 bits per heavy atom. The van der Waals surface area contributed by atoms with Gasteiger partial charge in [0, 0.05) is 11.6 Å². The zero-order valence-electron chi connectivity index (χ0n) is 12.1. The second-order valence-corrected chi connectivity index (χ2v) is 4.72. The first-order valence-corrected chi connectivity index (χ1v) is 7.34. The van der Waals surface area contributed by atoms with E-state index in [1.807, 2.05) is 24.3 Å². The van der Waals surface area contributed by atoms with E-state index < -0.39 is 6.10 Å². The van der Waals surface area contributed by atoms with Crippen molar-refractivity contribution in [3.63, 3.8) is 0 Å². The zero-order valence-corrected chi connectivity index (χ0v) is 13.2. The van der Waals surface area contributed by atoms with E-state index in [9.17, 15) is 5.11 Å². The molecule has 2 rings (SSSR count). The van der Waals surface area contributed by atoms with Crippen LogP contribution in [-0.4, -0.2) is 25.7 Å². The van der Waals surface area contributed by atoms with Crippen LogP contribution in [0.2, 0.25) is 0 Å². The minimum Gasteiger partial charge on any atom is -0.497 e. The van der Waals surface area contributed by atoms with Crippen LogP contribution in [0.1, 0.15) is 17.2 Å². The fourth-order valence-corrected chi connectivity index (χ4v) is 2.26. The van der Waals surface area contributed by atoms with E-state index >= 15 is 0 Å². The van der Waals surface area contributed by atoms with Gasteiger partial charge in [0.2, 0.25) is 0 Å². The Morgan fingerprint density at radius 3 is 2.24 bits per heavy atom. The van der Waals surface area contributed by atoms with Crippen LogP contribution in [-0.2, 0) is 0 Å². The molecule has 0 aliphatic carbocycles. The largest absolute Gasteiger partial charge is 0.497 e. The third kappa shape index (κ3) is 3.66. The van der Waals surface area contributed by atoms with E-state index in [0.29, 0.717) is 23.4 Å². The molecular formula is C16H19O4P. The van der Waals surface area contributed by atoms with Crippen LogP contribution >= 0.6 is 9.24 Å². The first-order chi connectivity index (χ1) is 10.2. The summed E-state index contributed by atoms with van der Waals surface area (Å²) in [7, 11) is 5.66. The lowest BCUT2D eigenvalue weighted by molar-refractivity contribution is 0.214. The topological polar surface area (TPSA) is 47.9 Å². The normalized spacial score (nSPS) is 11.8. The van der Waals surface area contributed by atoms with Gasteiger partial charge in [0.15, 0.2) is 0 Å². The summed E-state index contributed by atoms with van der Waals surface area (Å²) in [5.41, 5.74) is 1.47. The molecule has 2 atom stereocenters. The van der Waals surface area contributed by atoms with Crippen LogP contribution in [0, 0.1) is 0 Å². The zero-order chi connectivity index (χ0) is 15.2. The molecule has 0 radical (unpaired) electrons. The van der Waals surface area contributed by atoms with Gasteiger partial charge in [-0.15, -0.1) is 0 Å². The standard InChI is InChI=1S/C16H19O4P/c1-18-13-7-8-14(15(9-13)19-2)16(17)11-3-5-12(6-4-11)20-10-21/h3-9,16-17H,10,21H2,1-2H3. The van der Waals surface area contributed by atoms with Gasteiger partial charge in [-0.25, -0.2) is 0 Å². The molecule has 0 heterocycles. The fraction of sp³-hybridized carbons (Fsp3) is 0.250. The molecular weight excluding hydrogens is 287 g/mol. The summed E-state index contributed by atoms with van der Waals surface area (Å²) < 4.78 is 15.8. The van der Waals surface area contributed by atoms with Crippen molar-refractivity contribution in [2.75, 3.05) is 20.6 Å². The van der Waals surface area contributed by atoms with Crippen molar-refractivity contribution in [3.05, 3.63) is 53.6 Å². The van der Waals surface area contributed by atoms with Crippen LogP contribution < -0.4 is 14.2 Å². The Balaban J connectivity index is 2.28. The Kier molecular flexibility index (Phi) is 5.43. The van der Waals surface area contributed by atoms with Crippen LogP contribution in [0.25, 0.3) is 0 Å². The summed E-state index contributed by atoms with van der Waals surface area (Å²) in [6.07, 6.45) is -0.232. The maximum absolute atomic E-state index is 10.5. The van der Waals surface area contributed by atoms with Gasteiger partial charge < -0.3 is 19.3 Å². The van der Waals surface area contributed by atoms with E-state index in [4.69, 9.17) is 14.2 Å². The highest BCUT2D eigenvalue weighted by molar-refractivity contribution is 7.16. The minimum absolute atomic E-state index is 0.536. The van der Waals surface area contributed by atoms with Gasteiger partial charge in [0.05, 0.1) is 14.2 Å². The highest BCUT2D eigenvalue weighted by atomic mass is 31.0. The molecule has 0 aliphatic rings. The molecule has 2 unspecified atom stereocenters. The molecule has 0 bridgehead atoms. The van der Waals surface area contributed by atoms with Gasteiger partial charge in [-0.2, -0.15) is 0 Å². The van der Waals surface area contributed by atoms with Crippen LogP contribution in [0.5, 0.6) is 17.2 Å². The number of aliphatic hydroxyl groups excluding tert-OH is 1. The summed E-state index contributed by atoms with van der Waals surface area (Å²) in [5.74, 6) is 2.04. The van der Waals surface area contributed by atoms with E-state index in [2.05, 4.69) is 9.24 Å². The Bertz CT molecular complexity index is 583. The van der Waals surface area contributed by atoms with E-state index in [-0.39, 0.29) is 0 Å². The van der Waals surface area contributed by atoms with Gasteiger partial charge in [-0.05, 0) is 29.8 Å². The Hall–Kier alpha value is -1.77. The van der Waals surface area contributed by atoms with Crippen molar-refractivity contribution in [1.82, 2.24) is 0 Å². The number of rotatable bonds is 6. The molecule has 0 spiro atoms. The van der Waals surface area contributed by atoms with Crippen molar-refractivity contribution < 1.29 is 19.3 Å². The molecule has 0 saturated heterocycles. The number of hydrogen-bond acceptors (Lipinski definition) is 4. The molecule has 4 nitrogen and oxygen atoms in total. The molecule has 0 aromatic heterocycles. The quantitative estimate of drug-likeness (QED) is 0.834. The van der Waals surface area contributed by atoms with Gasteiger partial charge >= 0.3 is 0 Å². The van der Waals surface area contributed by atoms with Gasteiger partial charge in [0.25, 0.3) is 0 Å². The predicted octanol–water partition coefficient (Wildman–Crippen LogP) is 3.00. The lowest BCUT2D eigenvalue weighted by Gasteiger charge is -2.16. The van der Waals surface area contributed by atoms with Crippen molar-refractivity contribution in [2.24, 2.45) is 0 Å². The summed E-state index contributed by atoms with van der Waals surface area (Å²) in [5, 5.41) is 10.5. The molecule has 1 N–H and O–H groups in total. The average molecular weight is 306 g/mol. The van der Waals surface area contributed by atoms with E-state index in [1.165, 1.54) is 0 Å². The number of benzene rings is 2. The SMILES string of the molecule is COc1ccc(C(O)c2ccc(OCP)cc2)c(OC)c1. The lowest BCUT2D eigenvalue weighted by Crippen LogP contribution is -2.03. The first-order valence-electron chi connectivity index (χ1n) is 6.52. The van der Waals surface area contributed by atoms with Gasteiger partial charge in [-0.3, -0.25) is 0 Å². The molecule has 5 heteroatoms. The van der Waals surface area contributed by atoms with Crippen molar-refractivity contribution >= 4 is 9.24 Å². The minimum atomic E-state index is -0.768. The molecule has 0 aliphatic heterocycles. The van der Waals surface area contributed by atoms with E-state index in [0.717, 1.165) is 11.3 Å². The van der Waals surface area contributed by atoms with Gasteiger partial charge in [0.1, 0.15) is 29.7 Å². The predicted molar refractivity (Wildman–Crippen MR) is 85.3 cm³/mol. The summed E-state index contributed by atoms with van der Waals surface area (Å²) in [4.78, 5) is 0. The summed E-state index contributed by atoms with van der Waals surface area (Å²) in [6.45, 7) is 0. The number of aliphatic hydroxyl groups is 1. The highest BCUT2D eigenvalue weighted by Gasteiger charge is 2.16. The summed E-state index contributed by atoms with van der Waals surface area (Å²) >= 11 is 0. The van der Waals surface area contributed by atoms with Crippen LogP contribution in [0.15, 0.2) is 42.5 Å². The van der Waals surface area contributed by atoms with Crippen molar-refractivity contribution in [3.8, 4) is 17.2 Å². The van der Waals surface area contributed by atoms with Gasteiger partial charge in [-0.1, -0.05) is 21.4 Å². The maximum atomic E-state index is 10.5. The molecule has 2 aromatic carbocycles. The molecule has 2 aromatic rings. The molecule has 0 saturated carbocycles. The van der Waals surface area contributed by atoms with E-state index in [1.54, 1.807) is 32.4 Å². The summed E-state index contributed by atoms with van der Waals surface area (Å²) in [6, 6.07) is 12.7. The Labute approximate surface area is 126 Å².